The summed E-state index contributed by atoms with van der Waals surface area (Å²) < 4.78 is 0. The summed E-state index contributed by atoms with van der Waals surface area (Å²) in [4.78, 5) is 0. The molecular formula is C7H16Si2. The lowest BCUT2D eigenvalue weighted by atomic mass is 10.2. The van der Waals surface area contributed by atoms with Gasteiger partial charge in [0.15, 0.2) is 0 Å². The minimum Gasteiger partial charge on any atom is -0.139 e. The van der Waals surface area contributed by atoms with Gasteiger partial charge in [-0.2, -0.15) is 0 Å². The monoisotopic (exact) mass is 156 g/mol. The van der Waals surface area contributed by atoms with Crippen molar-refractivity contribution < 1.29 is 0 Å². The van der Waals surface area contributed by atoms with E-state index in [9.17, 15) is 0 Å². The van der Waals surface area contributed by atoms with Crippen molar-refractivity contribution in [1.29, 1.82) is 0 Å². The molecule has 9 heavy (non-hydrogen) atoms. The second-order valence-corrected chi connectivity index (χ2v) is 15.1. The van der Waals surface area contributed by atoms with Crippen molar-refractivity contribution in [2.24, 2.45) is 0 Å². The first-order valence-corrected chi connectivity index (χ1v) is 9.29. The summed E-state index contributed by atoms with van der Waals surface area (Å²) in [7, 11) is -0.00154. The van der Waals surface area contributed by atoms with Gasteiger partial charge in [0.2, 0.25) is 0 Å². The summed E-state index contributed by atoms with van der Waals surface area (Å²) in [5, 5.41) is 0.411. The number of hydrogen-bond donors (Lipinski definition) is 0. The summed E-state index contributed by atoms with van der Waals surface area (Å²) in [5.74, 6) is 0. The third-order valence-corrected chi connectivity index (χ3v) is 12.1. The Morgan fingerprint density at radius 3 is 1.78 bits per heavy atom. The molecule has 0 aliphatic heterocycles. The third kappa shape index (κ3) is 2.00. The van der Waals surface area contributed by atoms with E-state index >= 15 is 0 Å². The van der Waals surface area contributed by atoms with Gasteiger partial charge in [0.25, 0.3) is 0 Å². The molecule has 0 aliphatic rings. The molecule has 0 radical (unpaired) electrons. The highest BCUT2D eigenvalue weighted by Crippen LogP contribution is 2.32. The largest absolute Gasteiger partial charge is 0.139 e. The van der Waals surface area contributed by atoms with Crippen molar-refractivity contribution in [3.63, 3.8) is 0 Å². The third-order valence-electron chi connectivity index (χ3n) is 2.24. The summed E-state index contributed by atoms with van der Waals surface area (Å²) in [6.45, 7) is 9.06. The van der Waals surface area contributed by atoms with Crippen LogP contribution in [-0.4, -0.2) is 17.4 Å². The fraction of sp³-hybridized carbons (Fsp3) is 0.714. The maximum atomic E-state index is 5.44. The van der Waals surface area contributed by atoms with Gasteiger partial charge >= 0.3 is 0 Å². The van der Waals surface area contributed by atoms with E-state index in [2.05, 4.69) is 32.9 Å². The van der Waals surface area contributed by atoms with Gasteiger partial charge in [0.1, 0.15) is 7.59 Å². The zero-order valence-corrected chi connectivity index (χ0v) is 10.1. The van der Waals surface area contributed by atoms with E-state index in [1.54, 1.807) is 0 Å². The maximum Gasteiger partial charge on any atom is 0.120 e. The van der Waals surface area contributed by atoms with Crippen LogP contribution < -0.4 is 0 Å². The standard InChI is InChI=1S/C7H16Si2/c1-6-9(5,8)7(2,3)4/h1H,2-5,8H3. The normalized spacial score (nSPS) is 18.6. The quantitative estimate of drug-likeness (QED) is 0.361. The van der Waals surface area contributed by atoms with Crippen molar-refractivity contribution in [1.82, 2.24) is 0 Å². The molecule has 2 heteroatoms. The highest BCUT2D eigenvalue weighted by Gasteiger charge is 2.32. The lowest BCUT2D eigenvalue weighted by molar-refractivity contribution is 0.741. The molecule has 0 aromatic carbocycles. The van der Waals surface area contributed by atoms with E-state index in [0.717, 1.165) is 0 Å². The molecule has 52 valence electrons. The highest BCUT2D eigenvalue weighted by molar-refractivity contribution is 7.22. The molecule has 0 saturated carbocycles. The van der Waals surface area contributed by atoms with E-state index in [1.807, 2.05) is 0 Å². The van der Waals surface area contributed by atoms with Gasteiger partial charge < -0.3 is 0 Å². The Morgan fingerprint density at radius 1 is 1.44 bits per heavy atom. The molecule has 0 aromatic rings. The maximum absolute atomic E-state index is 5.44. The Balaban J connectivity index is 4.39. The van der Waals surface area contributed by atoms with E-state index in [1.165, 1.54) is 9.76 Å². The van der Waals surface area contributed by atoms with Crippen LogP contribution in [0.1, 0.15) is 20.8 Å². The Hall–Kier alpha value is -0.00623. The molecule has 0 amide bonds. The van der Waals surface area contributed by atoms with E-state index in [0.29, 0.717) is 5.04 Å². The molecule has 0 rings (SSSR count). The Bertz CT molecular complexity index is 134. The molecule has 1 unspecified atom stereocenters. The molecule has 0 fully saturated rings. The Morgan fingerprint density at radius 2 is 1.78 bits per heavy atom. The van der Waals surface area contributed by atoms with Crippen molar-refractivity contribution in [3.05, 3.63) is 0 Å². The number of rotatable bonds is 0. The molecule has 0 spiro atoms. The second kappa shape index (κ2) is 2.32. The van der Waals surface area contributed by atoms with E-state index in [4.69, 9.17) is 6.42 Å². The van der Waals surface area contributed by atoms with Crippen molar-refractivity contribution in [2.75, 3.05) is 0 Å². The van der Waals surface area contributed by atoms with Crippen LogP contribution in [0.2, 0.25) is 11.6 Å². The lowest BCUT2D eigenvalue weighted by Crippen LogP contribution is -2.40. The molecule has 0 heterocycles. The van der Waals surface area contributed by atoms with Crippen molar-refractivity contribution in [2.45, 2.75) is 32.4 Å². The first-order chi connectivity index (χ1) is 3.81. The Labute approximate surface area is 62.3 Å². The summed E-state index contributed by atoms with van der Waals surface area (Å²) in [6.07, 6.45) is 5.44. The van der Waals surface area contributed by atoms with Crippen LogP contribution in [0, 0.1) is 12.0 Å². The molecular weight excluding hydrogens is 140 g/mol. The van der Waals surface area contributed by atoms with Gasteiger partial charge in [-0.1, -0.05) is 27.3 Å². The average molecular weight is 156 g/mol. The van der Waals surface area contributed by atoms with Gasteiger partial charge in [-0.25, -0.2) is 0 Å². The van der Waals surface area contributed by atoms with Gasteiger partial charge in [-0.05, 0) is 5.04 Å². The van der Waals surface area contributed by atoms with Gasteiger partial charge in [0, 0.05) is 9.76 Å². The van der Waals surface area contributed by atoms with Crippen LogP contribution in [-0.2, 0) is 0 Å². The smallest absolute Gasteiger partial charge is 0.120 e. The Kier molecular flexibility index (Phi) is 2.31. The zero-order valence-electron chi connectivity index (χ0n) is 7.08. The average Bonchev–Trinajstić information content (AvgIpc) is 1.64. The van der Waals surface area contributed by atoms with Crippen LogP contribution in [0.25, 0.3) is 0 Å². The highest BCUT2D eigenvalue weighted by atomic mass is 29.2. The molecule has 0 bridgehead atoms. The lowest BCUT2D eigenvalue weighted by Gasteiger charge is -2.31. The fourth-order valence-corrected chi connectivity index (χ4v) is 0.650. The minimum atomic E-state index is -1.21. The predicted molar refractivity (Wildman–Crippen MR) is 50.1 cm³/mol. The van der Waals surface area contributed by atoms with Gasteiger partial charge in [-0.3, -0.25) is 0 Å². The van der Waals surface area contributed by atoms with Crippen LogP contribution in [0.3, 0.4) is 0 Å². The van der Waals surface area contributed by atoms with Crippen molar-refractivity contribution >= 4 is 17.4 Å². The van der Waals surface area contributed by atoms with Crippen LogP contribution in [0.5, 0.6) is 0 Å². The molecule has 0 nitrogen and oxygen atoms in total. The summed E-state index contributed by atoms with van der Waals surface area (Å²) in [6, 6.07) is 0. The van der Waals surface area contributed by atoms with Gasteiger partial charge in [-0.15, -0.1) is 12.0 Å². The topological polar surface area (TPSA) is 0 Å². The minimum absolute atomic E-state index is 0.411. The molecule has 0 aliphatic carbocycles. The van der Waals surface area contributed by atoms with Crippen LogP contribution in [0.4, 0.5) is 0 Å². The predicted octanol–water partition coefficient (Wildman–Crippen LogP) is 0.900. The first-order valence-electron chi connectivity index (χ1n) is 3.29. The van der Waals surface area contributed by atoms with Gasteiger partial charge in [0.05, 0.1) is 0 Å². The zero-order chi connectivity index (χ0) is 7.71. The molecule has 1 atom stereocenters. The summed E-state index contributed by atoms with van der Waals surface area (Å²) in [5.41, 5.74) is 2.98. The molecule has 0 saturated heterocycles. The van der Waals surface area contributed by atoms with Crippen LogP contribution in [0.15, 0.2) is 0 Å². The fourth-order valence-electron chi connectivity index (χ4n) is 0.217. The van der Waals surface area contributed by atoms with Crippen molar-refractivity contribution in [3.8, 4) is 12.0 Å². The number of hydrogen-bond acceptors (Lipinski definition) is 0. The number of terminal acetylenes is 1. The van der Waals surface area contributed by atoms with E-state index in [-0.39, 0.29) is 0 Å². The van der Waals surface area contributed by atoms with E-state index < -0.39 is 7.59 Å². The summed E-state index contributed by atoms with van der Waals surface area (Å²) >= 11 is 0. The second-order valence-electron chi connectivity index (χ2n) is 4.02. The SMILES string of the molecule is C#C[Si](C)([SiH3])C(C)(C)C. The molecule has 0 N–H and O–H groups in total. The van der Waals surface area contributed by atoms with Crippen LogP contribution >= 0.6 is 0 Å². The molecule has 0 aromatic heterocycles. The first kappa shape index (κ1) is 8.99.